The number of nitrogens with one attached hydrogen (secondary N) is 1. The molecule has 0 saturated carbocycles. The molecule has 1 aromatic rings. The number of nitrogens with zero attached hydrogens (tertiary/aromatic N) is 2. The summed E-state index contributed by atoms with van der Waals surface area (Å²) in [6.07, 6.45) is 4.37. The zero-order chi connectivity index (χ0) is 19.2. The van der Waals surface area contributed by atoms with Gasteiger partial charge >= 0.3 is 0 Å². The van der Waals surface area contributed by atoms with Crippen LogP contribution in [0.2, 0.25) is 0 Å². The van der Waals surface area contributed by atoms with Gasteiger partial charge in [0.25, 0.3) is 0 Å². The van der Waals surface area contributed by atoms with Crippen molar-refractivity contribution in [3.05, 3.63) is 24.0 Å². The number of aromatic nitrogens is 1. The summed E-state index contributed by atoms with van der Waals surface area (Å²) in [7, 11) is 0. The Kier molecular flexibility index (Phi) is 4.55. The molecule has 3 aliphatic heterocycles. The van der Waals surface area contributed by atoms with Crippen molar-refractivity contribution >= 4 is 17.6 Å². The van der Waals surface area contributed by atoms with Crippen molar-refractivity contribution in [2.75, 3.05) is 24.6 Å². The predicted molar refractivity (Wildman–Crippen MR) is 96.0 cm³/mol. The molecule has 4 rings (SSSR count). The van der Waals surface area contributed by atoms with Crippen LogP contribution in [0.15, 0.2) is 22.7 Å². The summed E-state index contributed by atoms with van der Waals surface area (Å²) < 4.78 is 16.7. The van der Waals surface area contributed by atoms with Gasteiger partial charge in [0.05, 0.1) is 30.6 Å². The van der Waals surface area contributed by atoms with E-state index in [1.807, 2.05) is 26.0 Å². The van der Waals surface area contributed by atoms with E-state index >= 15 is 0 Å². The summed E-state index contributed by atoms with van der Waals surface area (Å²) >= 11 is 0. The first-order valence-electron chi connectivity index (χ1n) is 9.42. The number of rotatable bonds is 7. The van der Waals surface area contributed by atoms with Crippen LogP contribution in [0.4, 0.5) is 5.82 Å². The summed E-state index contributed by atoms with van der Waals surface area (Å²) in [5.41, 5.74) is -0.753. The molecule has 1 N–H and O–H groups in total. The highest BCUT2D eigenvalue weighted by Gasteiger charge is 2.67. The summed E-state index contributed by atoms with van der Waals surface area (Å²) in [5, 5.41) is 6.88. The van der Waals surface area contributed by atoms with E-state index < -0.39 is 17.4 Å². The number of hydrogen-bond acceptors (Lipinski definition) is 6. The molecular formula is C19H25N3O5. The number of amides is 2. The second-order valence-electron chi connectivity index (χ2n) is 7.68. The minimum atomic E-state index is -0.753. The topological polar surface area (TPSA) is 93.9 Å². The molecule has 0 unspecified atom stereocenters. The number of fused-ring (bicyclic) bond motifs is 1. The van der Waals surface area contributed by atoms with Crippen molar-refractivity contribution in [3.63, 3.8) is 0 Å². The average molecular weight is 375 g/mol. The molecule has 3 aliphatic rings. The molecule has 146 valence electrons. The van der Waals surface area contributed by atoms with Gasteiger partial charge in [-0.3, -0.25) is 14.5 Å². The van der Waals surface area contributed by atoms with Gasteiger partial charge in [-0.05, 0) is 27.2 Å². The second kappa shape index (κ2) is 6.76. The molecule has 0 aromatic carbocycles. The van der Waals surface area contributed by atoms with E-state index in [9.17, 15) is 9.59 Å². The van der Waals surface area contributed by atoms with Gasteiger partial charge in [0.2, 0.25) is 11.8 Å². The maximum atomic E-state index is 13.1. The normalized spacial score (nSPS) is 31.2. The van der Waals surface area contributed by atoms with Crippen molar-refractivity contribution in [2.24, 2.45) is 11.8 Å². The van der Waals surface area contributed by atoms with Gasteiger partial charge in [0, 0.05) is 19.2 Å². The van der Waals surface area contributed by atoms with Crippen molar-refractivity contribution in [3.8, 4) is 0 Å². The lowest BCUT2D eigenvalue weighted by Gasteiger charge is -2.23. The van der Waals surface area contributed by atoms with Crippen LogP contribution in [0.3, 0.4) is 0 Å². The Morgan fingerprint density at radius 1 is 1.52 bits per heavy atom. The highest BCUT2D eigenvalue weighted by atomic mass is 16.5. The van der Waals surface area contributed by atoms with Crippen molar-refractivity contribution < 1.29 is 23.6 Å². The van der Waals surface area contributed by atoms with Gasteiger partial charge in [-0.15, -0.1) is 0 Å². The van der Waals surface area contributed by atoms with Crippen molar-refractivity contribution in [2.45, 2.75) is 45.0 Å². The van der Waals surface area contributed by atoms with E-state index in [1.165, 1.54) is 0 Å². The van der Waals surface area contributed by atoms with E-state index in [2.05, 4.69) is 10.5 Å². The first-order valence-corrected chi connectivity index (χ1v) is 9.42. The van der Waals surface area contributed by atoms with E-state index in [1.54, 1.807) is 17.9 Å². The molecule has 2 bridgehead atoms. The number of aryl methyl sites for hydroxylation is 1. The predicted octanol–water partition coefficient (Wildman–Crippen LogP) is 1.20. The molecule has 1 spiro atoms. The Labute approximate surface area is 157 Å². The van der Waals surface area contributed by atoms with E-state index in [0.717, 1.165) is 6.42 Å². The third-order valence-electron chi connectivity index (χ3n) is 5.37. The maximum absolute atomic E-state index is 13.1. The van der Waals surface area contributed by atoms with Crippen LogP contribution in [0.25, 0.3) is 0 Å². The monoisotopic (exact) mass is 375 g/mol. The molecule has 2 amide bonds. The lowest BCUT2D eigenvalue weighted by molar-refractivity contribution is -0.132. The van der Waals surface area contributed by atoms with E-state index in [-0.39, 0.29) is 24.0 Å². The Morgan fingerprint density at radius 3 is 3.04 bits per heavy atom. The molecule has 8 heteroatoms. The molecular weight excluding hydrogens is 350 g/mol. The number of anilines is 1. The van der Waals surface area contributed by atoms with Crippen LogP contribution in [0, 0.1) is 18.8 Å². The average Bonchev–Trinajstić information content (AvgIpc) is 3.35. The van der Waals surface area contributed by atoms with Gasteiger partial charge in [-0.1, -0.05) is 17.3 Å². The van der Waals surface area contributed by atoms with Crippen molar-refractivity contribution in [1.82, 2.24) is 10.5 Å². The summed E-state index contributed by atoms with van der Waals surface area (Å²) in [5.74, 6) is -0.244. The largest absolute Gasteiger partial charge is 0.379 e. The third-order valence-corrected chi connectivity index (χ3v) is 5.37. The highest BCUT2D eigenvalue weighted by molar-refractivity contribution is 6.02. The maximum Gasteiger partial charge on any atom is 0.235 e. The van der Waals surface area contributed by atoms with Gasteiger partial charge < -0.3 is 19.3 Å². The molecule has 1 aromatic heterocycles. The summed E-state index contributed by atoms with van der Waals surface area (Å²) in [6.45, 7) is 7.18. The molecule has 4 heterocycles. The summed E-state index contributed by atoms with van der Waals surface area (Å²) in [4.78, 5) is 27.4. The smallest absolute Gasteiger partial charge is 0.235 e. The van der Waals surface area contributed by atoms with Crippen LogP contribution in [0.5, 0.6) is 0 Å². The highest BCUT2D eigenvalue weighted by Crippen LogP contribution is 2.52. The SMILES string of the molecule is Cc1cc(N2C[C@@]34C=C[C@@H](O3)[C@H](C(=O)NCCCOC(C)C)[C@H]4C2=O)no1. The Morgan fingerprint density at radius 2 is 2.33 bits per heavy atom. The number of carbonyl (C=O) groups is 2. The fourth-order valence-corrected chi connectivity index (χ4v) is 4.19. The molecule has 8 nitrogen and oxygen atoms in total. The second-order valence-corrected chi connectivity index (χ2v) is 7.68. The number of carbonyl (C=O) groups excluding carboxylic acids is 2. The molecule has 0 radical (unpaired) electrons. The number of hydrogen-bond donors (Lipinski definition) is 1. The first-order chi connectivity index (χ1) is 12.9. The van der Waals surface area contributed by atoms with Gasteiger partial charge in [-0.25, -0.2) is 0 Å². The van der Waals surface area contributed by atoms with Crippen LogP contribution >= 0.6 is 0 Å². The van der Waals surface area contributed by atoms with Gasteiger partial charge in [0.15, 0.2) is 5.82 Å². The minimum Gasteiger partial charge on any atom is -0.379 e. The fraction of sp³-hybridized carbons (Fsp3) is 0.632. The van der Waals surface area contributed by atoms with E-state index in [0.29, 0.717) is 31.3 Å². The number of ether oxygens (including phenoxy) is 2. The fourth-order valence-electron chi connectivity index (χ4n) is 4.19. The van der Waals surface area contributed by atoms with Gasteiger partial charge in [-0.2, -0.15) is 0 Å². The standard InChI is InChI=1S/C19H25N3O5/c1-11(2)25-8-4-7-20-17(23)15-13-5-6-19(26-13)10-22(18(24)16(15)19)14-9-12(3)27-21-14/h5-6,9,11,13,15-16H,4,7-8,10H2,1-3H3,(H,20,23)/t13-,15+,16+,19-/m1/s1. The molecule has 27 heavy (non-hydrogen) atoms. The zero-order valence-corrected chi connectivity index (χ0v) is 15.8. The Hall–Kier alpha value is -2.19. The zero-order valence-electron chi connectivity index (χ0n) is 15.8. The van der Waals surface area contributed by atoms with Crippen LogP contribution < -0.4 is 10.2 Å². The third kappa shape index (κ3) is 3.06. The quantitative estimate of drug-likeness (QED) is 0.569. The molecule has 0 aliphatic carbocycles. The Bertz CT molecular complexity index is 773. The molecule has 2 saturated heterocycles. The van der Waals surface area contributed by atoms with Crippen LogP contribution in [0.1, 0.15) is 26.0 Å². The summed E-state index contributed by atoms with van der Waals surface area (Å²) in [6, 6.07) is 1.72. The molecule has 4 atom stereocenters. The lowest BCUT2D eigenvalue weighted by atomic mass is 9.77. The van der Waals surface area contributed by atoms with Crippen LogP contribution in [-0.4, -0.2) is 54.5 Å². The van der Waals surface area contributed by atoms with E-state index in [4.69, 9.17) is 14.0 Å². The lowest BCUT2D eigenvalue weighted by Crippen LogP contribution is -2.44. The minimum absolute atomic E-state index is 0.140. The van der Waals surface area contributed by atoms with Crippen molar-refractivity contribution in [1.29, 1.82) is 0 Å². The molecule has 2 fully saturated rings. The first kappa shape index (κ1) is 18.2. The Balaban J connectivity index is 1.44. The van der Waals surface area contributed by atoms with Gasteiger partial charge in [0.1, 0.15) is 11.4 Å². The van der Waals surface area contributed by atoms with Crippen LogP contribution in [-0.2, 0) is 19.1 Å².